The maximum atomic E-state index is 11.8. The number of fused-ring (bicyclic) bond motifs is 1. The summed E-state index contributed by atoms with van der Waals surface area (Å²) in [5.41, 5.74) is 1.11. The standard InChI is InChI=1S/C18H21NO4/c1-19(2)12-11-14-6-3-5-13-7-4-8-15(18(13)14)23-17(22)10-9-16(20)21/h3-8H,9-12H2,1-2H3,(H,20,21). The second-order valence-corrected chi connectivity index (χ2v) is 5.69. The number of likely N-dealkylation sites (N-methyl/N-ethyl adjacent to an activating group) is 1. The van der Waals surface area contributed by atoms with Crippen LogP contribution >= 0.6 is 0 Å². The van der Waals surface area contributed by atoms with E-state index < -0.39 is 11.9 Å². The Bertz CT molecular complexity index is 704. The lowest BCUT2D eigenvalue weighted by atomic mass is 10.0. The molecule has 1 N–H and O–H groups in total. The van der Waals surface area contributed by atoms with Crippen molar-refractivity contribution >= 4 is 22.7 Å². The third-order valence-corrected chi connectivity index (χ3v) is 3.55. The number of esters is 1. The first-order valence-electron chi connectivity index (χ1n) is 7.55. The highest BCUT2D eigenvalue weighted by molar-refractivity contribution is 5.93. The van der Waals surface area contributed by atoms with Gasteiger partial charge in [0.15, 0.2) is 0 Å². The van der Waals surface area contributed by atoms with E-state index in [0.717, 1.165) is 29.3 Å². The molecule has 0 bridgehead atoms. The molecule has 2 rings (SSSR count). The molecule has 0 fully saturated rings. The predicted molar refractivity (Wildman–Crippen MR) is 88.7 cm³/mol. The molecule has 0 aliphatic carbocycles. The molecule has 0 amide bonds. The van der Waals surface area contributed by atoms with Crippen molar-refractivity contribution in [2.24, 2.45) is 0 Å². The van der Waals surface area contributed by atoms with Gasteiger partial charge in [0.05, 0.1) is 12.8 Å². The molecule has 0 aliphatic heterocycles. The molecule has 122 valence electrons. The smallest absolute Gasteiger partial charge is 0.311 e. The second-order valence-electron chi connectivity index (χ2n) is 5.69. The van der Waals surface area contributed by atoms with Crippen molar-refractivity contribution in [3.8, 4) is 5.75 Å². The van der Waals surface area contributed by atoms with Crippen molar-refractivity contribution in [3.05, 3.63) is 42.0 Å². The summed E-state index contributed by atoms with van der Waals surface area (Å²) in [4.78, 5) is 24.5. The highest BCUT2D eigenvalue weighted by Gasteiger charge is 2.12. The molecule has 2 aromatic carbocycles. The number of hydrogen-bond acceptors (Lipinski definition) is 4. The molecular formula is C18H21NO4. The maximum Gasteiger partial charge on any atom is 0.311 e. The van der Waals surface area contributed by atoms with Gasteiger partial charge in [0.1, 0.15) is 5.75 Å². The Morgan fingerprint density at radius 2 is 1.78 bits per heavy atom. The van der Waals surface area contributed by atoms with Crippen LogP contribution in [-0.2, 0) is 16.0 Å². The summed E-state index contributed by atoms with van der Waals surface area (Å²) in [6.07, 6.45) is 0.483. The van der Waals surface area contributed by atoms with Gasteiger partial charge in [0.2, 0.25) is 0 Å². The Hall–Kier alpha value is -2.40. The molecule has 2 aromatic rings. The van der Waals surface area contributed by atoms with Crippen LogP contribution in [0.3, 0.4) is 0 Å². The molecule has 0 saturated heterocycles. The van der Waals surface area contributed by atoms with E-state index in [0.29, 0.717) is 5.75 Å². The normalized spacial score (nSPS) is 10.9. The number of carboxylic acid groups (broad SMARTS) is 1. The zero-order valence-electron chi connectivity index (χ0n) is 13.4. The van der Waals surface area contributed by atoms with Crippen LogP contribution in [0.25, 0.3) is 10.8 Å². The lowest BCUT2D eigenvalue weighted by Gasteiger charge is -2.14. The predicted octanol–water partition coefficient (Wildman–Crippen LogP) is 2.71. The molecule has 0 aromatic heterocycles. The Labute approximate surface area is 135 Å². The minimum atomic E-state index is -1.01. The summed E-state index contributed by atoms with van der Waals surface area (Å²) in [5, 5.41) is 10.6. The van der Waals surface area contributed by atoms with E-state index in [4.69, 9.17) is 9.84 Å². The molecule has 0 heterocycles. The lowest BCUT2D eigenvalue weighted by Crippen LogP contribution is -2.15. The Morgan fingerprint density at radius 1 is 1.09 bits per heavy atom. The first-order chi connectivity index (χ1) is 11.0. The number of carboxylic acids is 1. The Kier molecular flexibility index (Phi) is 5.71. The van der Waals surface area contributed by atoms with E-state index >= 15 is 0 Å². The minimum absolute atomic E-state index is 0.133. The summed E-state index contributed by atoms with van der Waals surface area (Å²) in [6, 6.07) is 11.5. The first kappa shape index (κ1) is 17.0. The molecule has 0 aliphatic rings. The largest absolute Gasteiger partial charge is 0.481 e. The molecule has 0 radical (unpaired) electrons. The van der Waals surface area contributed by atoms with Gasteiger partial charge in [-0.3, -0.25) is 9.59 Å². The van der Waals surface area contributed by atoms with E-state index in [1.165, 1.54) is 0 Å². The monoisotopic (exact) mass is 315 g/mol. The van der Waals surface area contributed by atoms with Crippen LogP contribution in [0.15, 0.2) is 36.4 Å². The lowest BCUT2D eigenvalue weighted by molar-refractivity contribution is -0.142. The third-order valence-electron chi connectivity index (χ3n) is 3.55. The zero-order valence-corrected chi connectivity index (χ0v) is 13.4. The van der Waals surface area contributed by atoms with Gasteiger partial charge in [-0.05, 0) is 37.5 Å². The second kappa shape index (κ2) is 7.74. The minimum Gasteiger partial charge on any atom is -0.481 e. The van der Waals surface area contributed by atoms with Gasteiger partial charge < -0.3 is 14.7 Å². The molecule has 5 nitrogen and oxygen atoms in total. The van der Waals surface area contributed by atoms with Crippen molar-refractivity contribution in [2.45, 2.75) is 19.3 Å². The molecular weight excluding hydrogens is 294 g/mol. The fourth-order valence-corrected chi connectivity index (χ4v) is 2.40. The summed E-state index contributed by atoms with van der Waals surface area (Å²) >= 11 is 0. The maximum absolute atomic E-state index is 11.8. The van der Waals surface area contributed by atoms with Crippen molar-refractivity contribution in [1.82, 2.24) is 4.90 Å². The van der Waals surface area contributed by atoms with Gasteiger partial charge in [-0.15, -0.1) is 0 Å². The van der Waals surface area contributed by atoms with Crippen LogP contribution in [0.2, 0.25) is 0 Å². The van der Waals surface area contributed by atoms with Gasteiger partial charge in [-0.25, -0.2) is 0 Å². The van der Waals surface area contributed by atoms with Crippen LogP contribution in [-0.4, -0.2) is 42.6 Å². The number of benzene rings is 2. The molecule has 5 heteroatoms. The molecule has 0 unspecified atom stereocenters. The Morgan fingerprint density at radius 3 is 2.43 bits per heavy atom. The van der Waals surface area contributed by atoms with E-state index in [1.54, 1.807) is 6.07 Å². The Balaban J connectivity index is 2.28. The zero-order chi connectivity index (χ0) is 16.8. The first-order valence-corrected chi connectivity index (χ1v) is 7.55. The molecule has 23 heavy (non-hydrogen) atoms. The quantitative estimate of drug-likeness (QED) is 0.628. The van der Waals surface area contributed by atoms with Crippen LogP contribution in [0.1, 0.15) is 18.4 Å². The van der Waals surface area contributed by atoms with Crippen molar-refractivity contribution in [2.75, 3.05) is 20.6 Å². The number of ether oxygens (including phenoxy) is 1. The van der Waals surface area contributed by atoms with Crippen LogP contribution < -0.4 is 4.74 Å². The molecule has 0 atom stereocenters. The van der Waals surface area contributed by atoms with Gasteiger partial charge in [0.25, 0.3) is 0 Å². The number of rotatable bonds is 7. The van der Waals surface area contributed by atoms with Gasteiger partial charge >= 0.3 is 11.9 Å². The van der Waals surface area contributed by atoms with Gasteiger partial charge in [-0.2, -0.15) is 0 Å². The highest BCUT2D eigenvalue weighted by atomic mass is 16.5. The van der Waals surface area contributed by atoms with Crippen LogP contribution in [0, 0.1) is 0 Å². The van der Waals surface area contributed by atoms with E-state index in [-0.39, 0.29) is 12.8 Å². The topological polar surface area (TPSA) is 66.8 Å². The average molecular weight is 315 g/mol. The number of aliphatic carboxylic acids is 1. The van der Waals surface area contributed by atoms with Crippen molar-refractivity contribution in [3.63, 3.8) is 0 Å². The summed E-state index contributed by atoms with van der Waals surface area (Å²) in [7, 11) is 4.02. The van der Waals surface area contributed by atoms with E-state index in [9.17, 15) is 9.59 Å². The number of hydrogen-bond donors (Lipinski definition) is 1. The van der Waals surface area contributed by atoms with Gasteiger partial charge in [0, 0.05) is 11.9 Å². The number of carbonyl (C=O) groups excluding carboxylic acids is 1. The van der Waals surface area contributed by atoms with Crippen molar-refractivity contribution in [1.29, 1.82) is 0 Å². The fourth-order valence-electron chi connectivity index (χ4n) is 2.40. The average Bonchev–Trinajstić information content (AvgIpc) is 2.51. The third kappa shape index (κ3) is 4.79. The van der Waals surface area contributed by atoms with E-state index in [2.05, 4.69) is 4.90 Å². The molecule has 0 spiro atoms. The summed E-state index contributed by atoms with van der Waals surface area (Å²) in [5.74, 6) is -1.04. The number of carbonyl (C=O) groups is 2. The highest BCUT2D eigenvalue weighted by Crippen LogP contribution is 2.29. The van der Waals surface area contributed by atoms with E-state index in [1.807, 2.05) is 44.4 Å². The number of nitrogens with zero attached hydrogens (tertiary/aromatic N) is 1. The van der Waals surface area contributed by atoms with Crippen LogP contribution in [0.4, 0.5) is 0 Å². The summed E-state index contributed by atoms with van der Waals surface area (Å²) < 4.78 is 5.41. The summed E-state index contributed by atoms with van der Waals surface area (Å²) in [6.45, 7) is 0.889. The van der Waals surface area contributed by atoms with Crippen LogP contribution in [0.5, 0.6) is 5.75 Å². The SMILES string of the molecule is CN(C)CCc1cccc2cccc(OC(=O)CCC(=O)O)c12. The van der Waals surface area contributed by atoms with Crippen molar-refractivity contribution < 1.29 is 19.4 Å². The molecule has 0 saturated carbocycles. The van der Waals surface area contributed by atoms with Gasteiger partial charge in [-0.1, -0.05) is 30.3 Å². The fraction of sp³-hybridized carbons (Fsp3) is 0.333.